The molecule has 0 aliphatic heterocycles. The normalized spacial score (nSPS) is 20.4. The molecular formula is C33H45N5O2S. The van der Waals surface area contributed by atoms with Crippen LogP contribution in [-0.4, -0.2) is 54.4 Å². The Morgan fingerprint density at radius 3 is 2.44 bits per heavy atom. The lowest BCUT2D eigenvalue weighted by atomic mass is 9.85. The number of para-hydroxylation sites is 1. The van der Waals surface area contributed by atoms with Crippen molar-refractivity contribution in [3.8, 4) is 5.75 Å². The number of carbonyl (C=O) groups is 1. The molecule has 2 N–H and O–H groups in total. The zero-order valence-corrected chi connectivity index (χ0v) is 25.6. The summed E-state index contributed by atoms with van der Waals surface area (Å²) in [5, 5.41) is 7.99. The van der Waals surface area contributed by atoms with Crippen LogP contribution in [0.3, 0.4) is 0 Å². The molecule has 220 valence electrons. The summed E-state index contributed by atoms with van der Waals surface area (Å²) < 4.78 is 5.35. The number of benzene rings is 2. The monoisotopic (exact) mass is 575 g/mol. The molecule has 0 unspecified atom stereocenters. The first kappa shape index (κ1) is 29.5. The van der Waals surface area contributed by atoms with Gasteiger partial charge >= 0.3 is 0 Å². The SMILES string of the molecule is COc1ccc(CSC2(CC(=O)NC[C@H]3CC[C@@H](Nc4nc(N(C)C)c5ccccc5n4)CC3)CCCCC2)cc1. The van der Waals surface area contributed by atoms with E-state index in [0.717, 1.165) is 73.3 Å². The number of nitrogens with zero attached hydrogens (tertiary/aromatic N) is 3. The van der Waals surface area contributed by atoms with E-state index in [-0.39, 0.29) is 10.7 Å². The summed E-state index contributed by atoms with van der Waals surface area (Å²) in [6.07, 6.45) is 10.9. The first-order valence-electron chi connectivity index (χ1n) is 15.2. The van der Waals surface area contributed by atoms with E-state index in [4.69, 9.17) is 14.7 Å². The molecule has 1 aromatic heterocycles. The van der Waals surface area contributed by atoms with Crippen molar-refractivity contribution in [2.75, 3.05) is 38.0 Å². The van der Waals surface area contributed by atoms with E-state index in [1.54, 1.807) is 7.11 Å². The van der Waals surface area contributed by atoms with E-state index in [2.05, 4.69) is 28.8 Å². The van der Waals surface area contributed by atoms with Gasteiger partial charge in [-0.1, -0.05) is 43.5 Å². The lowest BCUT2D eigenvalue weighted by Crippen LogP contribution is -2.39. The molecular weight excluding hydrogens is 530 g/mol. The van der Waals surface area contributed by atoms with Gasteiger partial charge in [0, 0.05) is 49.0 Å². The van der Waals surface area contributed by atoms with Crippen molar-refractivity contribution in [1.82, 2.24) is 15.3 Å². The number of thioether (sulfide) groups is 1. The van der Waals surface area contributed by atoms with Gasteiger partial charge < -0.3 is 20.3 Å². The lowest BCUT2D eigenvalue weighted by molar-refractivity contribution is -0.122. The van der Waals surface area contributed by atoms with Crippen LogP contribution in [0.1, 0.15) is 69.8 Å². The van der Waals surface area contributed by atoms with Crippen molar-refractivity contribution >= 4 is 40.3 Å². The molecule has 0 bridgehead atoms. The Balaban J connectivity index is 1.09. The summed E-state index contributed by atoms with van der Waals surface area (Å²) in [5.74, 6) is 4.21. The zero-order valence-electron chi connectivity index (χ0n) is 24.8. The van der Waals surface area contributed by atoms with Gasteiger partial charge in [-0.05, 0) is 74.3 Å². The van der Waals surface area contributed by atoms with Crippen LogP contribution in [0.25, 0.3) is 10.9 Å². The molecule has 0 radical (unpaired) electrons. The molecule has 2 aliphatic carbocycles. The number of fused-ring (bicyclic) bond motifs is 1. The van der Waals surface area contributed by atoms with Crippen LogP contribution in [0.15, 0.2) is 48.5 Å². The van der Waals surface area contributed by atoms with E-state index in [0.29, 0.717) is 24.3 Å². The van der Waals surface area contributed by atoms with Gasteiger partial charge in [0.25, 0.3) is 0 Å². The topological polar surface area (TPSA) is 79.4 Å². The number of aromatic nitrogens is 2. The highest BCUT2D eigenvalue weighted by molar-refractivity contribution is 7.99. The molecule has 7 nitrogen and oxygen atoms in total. The zero-order chi connectivity index (χ0) is 28.7. The third-order valence-corrected chi connectivity index (χ3v) is 10.4. The lowest BCUT2D eigenvalue weighted by Gasteiger charge is -2.36. The molecule has 3 aromatic rings. The van der Waals surface area contributed by atoms with Crippen molar-refractivity contribution < 1.29 is 9.53 Å². The average molecular weight is 576 g/mol. The number of carbonyl (C=O) groups excluding carboxylic acids is 1. The van der Waals surface area contributed by atoms with E-state index >= 15 is 0 Å². The number of amides is 1. The number of methoxy groups -OCH3 is 1. The molecule has 5 rings (SSSR count). The predicted octanol–water partition coefficient (Wildman–Crippen LogP) is 6.82. The van der Waals surface area contributed by atoms with Crippen LogP contribution < -0.4 is 20.3 Å². The van der Waals surface area contributed by atoms with E-state index < -0.39 is 0 Å². The maximum atomic E-state index is 13.2. The maximum absolute atomic E-state index is 13.2. The van der Waals surface area contributed by atoms with Gasteiger partial charge in [0.2, 0.25) is 11.9 Å². The van der Waals surface area contributed by atoms with Gasteiger partial charge in [0.05, 0.1) is 12.6 Å². The molecule has 41 heavy (non-hydrogen) atoms. The van der Waals surface area contributed by atoms with Gasteiger partial charge in [0.1, 0.15) is 11.6 Å². The van der Waals surface area contributed by atoms with Gasteiger partial charge in [-0.3, -0.25) is 4.79 Å². The van der Waals surface area contributed by atoms with Crippen LogP contribution in [-0.2, 0) is 10.5 Å². The molecule has 0 saturated heterocycles. The smallest absolute Gasteiger partial charge is 0.225 e. The second-order valence-electron chi connectivity index (χ2n) is 12.0. The van der Waals surface area contributed by atoms with E-state index in [1.807, 2.05) is 61.1 Å². The molecule has 2 aliphatic rings. The molecule has 1 heterocycles. The van der Waals surface area contributed by atoms with Crippen LogP contribution in [0.4, 0.5) is 11.8 Å². The van der Waals surface area contributed by atoms with Crippen molar-refractivity contribution in [1.29, 1.82) is 0 Å². The third-order valence-electron chi connectivity index (χ3n) is 8.73. The predicted molar refractivity (Wildman–Crippen MR) is 171 cm³/mol. The standard InChI is InChI=1S/C33H45N5O2S/c1-38(2)31-28-9-5-6-10-29(28)36-32(37-31)35-26-15-11-24(12-16-26)22-34-30(39)21-33(19-7-4-8-20-33)41-23-25-13-17-27(40-3)18-14-25/h5-6,9-10,13-14,17-18,24,26H,4,7-8,11-12,15-16,19-23H2,1-3H3,(H,34,39)(H,35,36,37)/t24-,26+. The average Bonchev–Trinajstić information content (AvgIpc) is 3.00. The highest BCUT2D eigenvalue weighted by atomic mass is 32.2. The van der Waals surface area contributed by atoms with Gasteiger partial charge in [-0.15, -0.1) is 11.8 Å². The molecule has 2 saturated carbocycles. The Bertz CT molecular complexity index is 1280. The Hall–Kier alpha value is -3.00. The molecule has 1 amide bonds. The second-order valence-corrected chi connectivity index (χ2v) is 13.4. The fourth-order valence-electron chi connectivity index (χ4n) is 6.30. The summed E-state index contributed by atoms with van der Waals surface area (Å²) in [4.78, 5) is 24.8. The Morgan fingerprint density at radius 2 is 1.73 bits per heavy atom. The number of anilines is 2. The number of ether oxygens (including phenoxy) is 1. The van der Waals surface area contributed by atoms with Crippen LogP contribution in [0, 0.1) is 5.92 Å². The summed E-state index contributed by atoms with van der Waals surface area (Å²) in [6.45, 7) is 0.780. The van der Waals surface area contributed by atoms with Crippen molar-refractivity contribution in [3.05, 3.63) is 54.1 Å². The number of rotatable bonds is 11. The number of hydrogen-bond donors (Lipinski definition) is 2. The fourth-order valence-corrected chi connectivity index (χ4v) is 7.77. The van der Waals surface area contributed by atoms with Crippen LogP contribution in [0.2, 0.25) is 0 Å². The Labute approximate surface area is 249 Å². The third kappa shape index (κ3) is 7.85. The molecule has 0 atom stereocenters. The second kappa shape index (κ2) is 13.8. The fraction of sp³-hybridized carbons (Fsp3) is 0.545. The molecule has 8 heteroatoms. The summed E-state index contributed by atoms with van der Waals surface area (Å²) in [7, 11) is 5.74. The van der Waals surface area contributed by atoms with E-state index in [9.17, 15) is 4.79 Å². The van der Waals surface area contributed by atoms with Crippen molar-refractivity contribution in [2.24, 2.45) is 5.92 Å². The minimum absolute atomic E-state index is 0.0507. The summed E-state index contributed by atoms with van der Waals surface area (Å²) in [6, 6.07) is 16.9. The molecule has 2 aromatic carbocycles. The largest absolute Gasteiger partial charge is 0.497 e. The quantitative estimate of drug-likeness (QED) is 0.260. The van der Waals surface area contributed by atoms with Gasteiger partial charge in [0.15, 0.2) is 0 Å². The summed E-state index contributed by atoms with van der Waals surface area (Å²) >= 11 is 1.98. The minimum atomic E-state index is 0.0507. The Morgan fingerprint density at radius 1 is 1.00 bits per heavy atom. The first-order valence-corrected chi connectivity index (χ1v) is 16.2. The van der Waals surface area contributed by atoms with Gasteiger partial charge in [-0.25, -0.2) is 4.98 Å². The van der Waals surface area contributed by atoms with Crippen LogP contribution in [0.5, 0.6) is 5.75 Å². The maximum Gasteiger partial charge on any atom is 0.225 e. The number of nitrogens with one attached hydrogen (secondary N) is 2. The van der Waals surface area contributed by atoms with Crippen LogP contribution >= 0.6 is 11.8 Å². The summed E-state index contributed by atoms with van der Waals surface area (Å²) in [5.41, 5.74) is 2.25. The van der Waals surface area contributed by atoms with Gasteiger partial charge in [-0.2, -0.15) is 4.98 Å². The minimum Gasteiger partial charge on any atom is -0.497 e. The highest BCUT2D eigenvalue weighted by Crippen LogP contribution is 2.44. The van der Waals surface area contributed by atoms with Crippen molar-refractivity contribution in [3.63, 3.8) is 0 Å². The highest BCUT2D eigenvalue weighted by Gasteiger charge is 2.35. The van der Waals surface area contributed by atoms with Crippen molar-refractivity contribution in [2.45, 2.75) is 80.7 Å². The first-order chi connectivity index (χ1) is 19.9. The van der Waals surface area contributed by atoms with E-state index in [1.165, 1.54) is 24.8 Å². The molecule has 2 fully saturated rings. The molecule has 0 spiro atoms. The Kier molecular flexibility index (Phi) is 9.91. The number of hydrogen-bond acceptors (Lipinski definition) is 7.